The topological polar surface area (TPSA) is 93.7 Å². The number of amides is 1. The molecule has 1 aliphatic carbocycles. The molecule has 1 aliphatic rings. The maximum atomic E-state index is 12.5. The maximum Gasteiger partial charge on any atom is 0.387 e. The van der Waals surface area contributed by atoms with Crippen molar-refractivity contribution in [1.29, 1.82) is 0 Å². The molecule has 2 aromatic rings. The van der Waals surface area contributed by atoms with Gasteiger partial charge >= 0.3 is 6.61 Å². The van der Waals surface area contributed by atoms with Crippen molar-refractivity contribution in [1.82, 2.24) is 10.0 Å². The van der Waals surface area contributed by atoms with Crippen LogP contribution in [0.2, 0.25) is 0 Å². The molecule has 10 heteroatoms. The fourth-order valence-electron chi connectivity index (χ4n) is 2.59. The largest absolute Gasteiger partial charge is 0.495 e. The summed E-state index contributed by atoms with van der Waals surface area (Å²) in [5, 5.41) is 2.66. The van der Waals surface area contributed by atoms with Crippen molar-refractivity contribution < 1.29 is 31.5 Å². The molecular formula is C19H20F2N2O5S. The molecule has 2 N–H and O–H groups in total. The van der Waals surface area contributed by atoms with Gasteiger partial charge in [0.1, 0.15) is 16.4 Å². The zero-order valence-electron chi connectivity index (χ0n) is 15.5. The maximum absolute atomic E-state index is 12.5. The van der Waals surface area contributed by atoms with Gasteiger partial charge in [-0.25, -0.2) is 13.1 Å². The zero-order valence-corrected chi connectivity index (χ0v) is 16.3. The van der Waals surface area contributed by atoms with Crippen molar-refractivity contribution in [3.8, 4) is 11.5 Å². The molecule has 0 aliphatic heterocycles. The van der Waals surface area contributed by atoms with Crippen LogP contribution in [0.25, 0.3) is 0 Å². The van der Waals surface area contributed by atoms with Crippen molar-refractivity contribution in [3.05, 3.63) is 53.6 Å². The summed E-state index contributed by atoms with van der Waals surface area (Å²) in [7, 11) is -2.45. The van der Waals surface area contributed by atoms with Gasteiger partial charge in [0, 0.05) is 18.2 Å². The first-order valence-electron chi connectivity index (χ1n) is 8.81. The number of carbonyl (C=O) groups excluding carboxylic acids is 1. The van der Waals surface area contributed by atoms with Crippen molar-refractivity contribution in [2.24, 2.45) is 0 Å². The van der Waals surface area contributed by atoms with Crippen LogP contribution in [-0.4, -0.2) is 34.1 Å². The van der Waals surface area contributed by atoms with Crippen molar-refractivity contribution in [3.63, 3.8) is 0 Å². The highest BCUT2D eigenvalue weighted by Crippen LogP contribution is 2.28. The standard InChI is InChI=1S/C19H20F2N2O5S/c1-27-16-9-4-13(10-17(16)29(25,26)23-14-5-6-14)18(24)22-11-12-2-7-15(8-3-12)28-19(20)21/h2-4,7-10,14,19,23H,5-6,11H2,1H3,(H,22,24). The molecule has 0 spiro atoms. The predicted octanol–water partition coefficient (Wildman–Crippen LogP) is 2.67. The van der Waals surface area contributed by atoms with Crippen LogP contribution in [0, 0.1) is 0 Å². The van der Waals surface area contributed by atoms with Crippen LogP contribution in [-0.2, 0) is 16.6 Å². The Bertz CT molecular complexity index is 977. The molecule has 1 saturated carbocycles. The van der Waals surface area contributed by atoms with Gasteiger partial charge in [0.15, 0.2) is 0 Å². The summed E-state index contributed by atoms with van der Waals surface area (Å²) in [6.45, 7) is -2.78. The van der Waals surface area contributed by atoms with Gasteiger partial charge in [0.25, 0.3) is 5.91 Å². The Balaban J connectivity index is 1.69. The fourth-order valence-corrected chi connectivity index (χ4v) is 4.09. The van der Waals surface area contributed by atoms with E-state index < -0.39 is 22.5 Å². The molecule has 29 heavy (non-hydrogen) atoms. The number of benzene rings is 2. The van der Waals surface area contributed by atoms with Crippen LogP contribution in [0.4, 0.5) is 8.78 Å². The van der Waals surface area contributed by atoms with E-state index in [2.05, 4.69) is 14.8 Å². The summed E-state index contributed by atoms with van der Waals surface area (Å²) >= 11 is 0. The lowest BCUT2D eigenvalue weighted by Gasteiger charge is -2.12. The summed E-state index contributed by atoms with van der Waals surface area (Å²) in [4.78, 5) is 12.3. The van der Waals surface area contributed by atoms with Crippen molar-refractivity contribution in [2.45, 2.75) is 36.9 Å². The molecule has 156 valence electrons. The normalized spacial score (nSPS) is 13.9. The second-order valence-electron chi connectivity index (χ2n) is 6.47. The number of sulfonamides is 1. The van der Waals surface area contributed by atoms with Gasteiger partial charge in [0.2, 0.25) is 10.0 Å². The van der Waals surface area contributed by atoms with Crippen LogP contribution in [0.3, 0.4) is 0 Å². The Morgan fingerprint density at radius 2 is 1.86 bits per heavy atom. The van der Waals surface area contributed by atoms with Crippen LogP contribution >= 0.6 is 0 Å². The third-order valence-corrected chi connectivity index (χ3v) is 5.76. The Labute approximate surface area is 167 Å². The molecule has 7 nitrogen and oxygen atoms in total. The smallest absolute Gasteiger partial charge is 0.387 e. The van der Waals surface area contributed by atoms with E-state index in [1.807, 2.05) is 0 Å². The summed E-state index contributed by atoms with van der Waals surface area (Å²) in [5.41, 5.74) is 0.816. The lowest BCUT2D eigenvalue weighted by molar-refractivity contribution is -0.0498. The Hall–Kier alpha value is -2.72. The van der Waals surface area contributed by atoms with E-state index in [9.17, 15) is 22.0 Å². The van der Waals surface area contributed by atoms with Gasteiger partial charge in [0.05, 0.1) is 7.11 Å². The van der Waals surface area contributed by atoms with E-state index >= 15 is 0 Å². The minimum atomic E-state index is -3.81. The van der Waals surface area contributed by atoms with Gasteiger partial charge in [-0.05, 0) is 48.7 Å². The van der Waals surface area contributed by atoms with Gasteiger partial charge < -0.3 is 14.8 Å². The fraction of sp³-hybridized carbons (Fsp3) is 0.316. The predicted molar refractivity (Wildman–Crippen MR) is 101 cm³/mol. The number of methoxy groups -OCH3 is 1. The molecule has 0 heterocycles. The highest BCUT2D eigenvalue weighted by molar-refractivity contribution is 7.89. The van der Waals surface area contributed by atoms with E-state index in [1.165, 1.54) is 37.4 Å². The van der Waals surface area contributed by atoms with Gasteiger partial charge in [-0.15, -0.1) is 0 Å². The van der Waals surface area contributed by atoms with Crippen LogP contribution in [0.1, 0.15) is 28.8 Å². The highest BCUT2D eigenvalue weighted by Gasteiger charge is 2.30. The lowest BCUT2D eigenvalue weighted by atomic mass is 10.2. The first-order chi connectivity index (χ1) is 13.8. The summed E-state index contributed by atoms with van der Waals surface area (Å²) in [5.74, 6) is -0.323. The molecular weight excluding hydrogens is 406 g/mol. The quantitative estimate of drug-likeness (QED) is 0.643. The van der Waals surface area contributed by atoms with Crippen LogP contribution < -0.4 is 19.5 Å². The second kappa shape index (κ2) is 8.75. The molecule has 0 radical (unpaired) electrons. The van der Waals surface area contributed by atoms with Gasteiger partial charge in [-0.3, -0.25) is 4.79 Å². The third-order valence-electron chi connectivity index (χ3n) is 4.22. The zero-order chi connectivity index (χ0) is 21.0. The van der Waals surface area contributed by atoms with Crippen molar-refractivity contribution in [2.75, 3.05) is 7.11 Å². The third kappa shape index (κ3) is 5.64. The van der Waals surface area contributed by atoms with Crippen LogP contribution in [0.5, 0.6) is 11.5 Å². The number of alkyl halides is 2. The minimum Gasteiger partial charge on any atom is -0.495 e. The highest BCUT2D eigenvalue weighted by atomic mass is 32.2. The molecule has 2 aromatic carbocycles. The van der Waals surface area contributed by atoms with E-state index in [4.69, 9.17) is 4.74 Å². The monoisotopic (exact) mass is 426 g/mol. The molecule has 3 rings (SSSR count). The SMILES string of the molecule is COc1ccc(C(=O)NCc2ccc(OC(F)F)cc2)cc1S(=O)(=O)NC1CC1. The number of nitrogens with one attached hydrogen (secondary N) is 2. The number of carbonyl (C=O) groups is 1. The Morgan fingerprint density at radius 1 is 1.17 bits per heavy atom. The first-order valence-corrected chi connectivity index (χ1v) is 10.3. The number of rotatable bonds is 9. The summed E-state index contributed by atoms with van der Waals surface area (Å²) < 4.78 is 61.4. The molecule has 0 saturated heterocycles. The van der Waals surface area contributed by atoms with E-state index in [1.54, 1.807) is 12.1 Å². The summed E-state index contributed by atoms with van der Waals surface area (Å²) in [6.07, 6.45) is 1.56. The van der Waals surface area contributed by atoms with E-state index in [0.717, 1.165) is 12.8 Å². The number of ether oxygens (including phenoxy) is 2. The van der Waals surface area contributed by atoms with E-state index in [0.29, 0.717) is 5.56 Å². The Morgan fingerprint density at radius 3 is 2.45 bits per heavy atom. The minimum absolute atomic E-state index is 0.0169. The molecule has 0 aromatic heterocycles. The average Bonchev–Trinajstić information content (AvgIpc) is 3.49. The molecule has 0 unspecified atom stereocenters. The van der Waals surface area contributed by atoms with Crippen LogP contribution in [0.15, 0.2) is 47.4 Å². The number of hydrogen-bond donors (Lipinski definition) is 2. The summed E-state index contributed by atoms with van der Waals surface area (Å²) in [6, 6.07) is 9.89. The first kappa shape index (κ1) is 21.0. The molecule has 0 bridgehead atoms. The average molecular weight is 426 g/mol. The lowest BCUT2D eigenvalue weighted by Crippen LogP contribution is -2.27. The second-order valence-corrected chi connectivity index (χ2v) is 8.15. The Kier molecular flexibility index (Phi) is 6.33. The van der Waals surface area contributed by atoms with Crippen molar-refractivity contribution >= 4 is 15.9 Å². The van der Waals surface area contributed by atoms with Gasteiger partial charge in [-0.1, -0.05) is 12.1 Å². The molecule has 1 amide bonds. The number of halogens is 2. The van der Waals surface area contributed by atoms with Gasteiger partial charge in [-0.2, -0.15) is 8.78 Å². The molecule has 0 atom stereocenters. The van der Waals surface area contributed by atoms with E-state index in [-0.39, 0.29) is 34.5 Å². The molecule has 1 fully saturated rings. The number of hydrogen-bond acceptors (Lipinski definition) is 5.